The Hall–Kier alpha value is -1.96. The van der Waals surface area contributed by atoms with Gasteiger partial charge in [-0.05, 0) is 49.8 Å². The monoisotopic (exact) mass is 308 g/mol. The predicted octanol–water partition coefficient (Wildman–Crippen LogP) is 4.71. The highest BCUT2D eigenvalue weighted by Gasteiger charge is 2.41. The average Bonchev–Trinajstić information content (AvgIpc) is 2.53. The second kappa shape index (κ2) is 5.92. The summed E-state index contributed by atoms with van der Waals surface area (Å²) >= 11 is 0. The molecule has 2 aliphatic rings. The average molecular weight is 308 g/mol. The minimum absolute atomic E-state index is 0.115. The van der Waals surface area contributed by atoms with Crippen molar-refractivity contribution in [2.75, 3.05) is 0 Å². The summed E-state index contributed by atoms with van der Waals surface area (Å²) in [4.78, 5) is 25.5. The van der Waals surface area contributed by atoms with E-state index < -0.39 is 0 Å². The molecule has 0 aromatic heterocycles. The van der Waals surface area contributed by atoms with Crippen molar-refractivity contribution in [3.63, 3.8) is 0 Å². The Labute approximate surface area is 138 Å². The molecule has 2 nitrogen and oxygen atoms in total. The van der Waals surface area contributed by atoms with Crippen molar-refractivity contribution in [2.45, 2.75) is 46.5 Å². The molecule has 2 heteroatoms. The van der Waals surface area contributed by atoms with Crippen LogP contribution in [0.4, 0.5) is 0 Å². The Morgan fingerprint density at radius 3 is 2.04 bits per heavy atom. The standard InChI is InChI=1S/C21H24O2/c1-12(2)15-5-7-16(8-6-15)17-11-20(22)18-9-13(3)14(4)10-19(18)21(17)23/h5-8,11-12,18-19H,9-10H2,1-4H3/t18-,19+/m1/s1. The molecule has 0 spiro atoms. The number of hydrogen-bond acceptors (Lipinski definition) is 2. The third kappa shape index (κ3) is 2.83. The first-order valence-electron chi connectivity index (χ1n) is 8.43. The fraction of sp³-hybridized carbons (Fsp3) is 0.429. The summed E-state index contributed by atoms with van der Waals surface area (Å²) in [5.74, 6) is 0.393. The van der Waals surface area contributed by atoms with Gasteiger partial charge in [0, 0.05) is 17.4 Å². The number of Topliss-reactive ketones (excluding diaryl/α,β-unsaturated/α-hetero) is 1. The van der Waals surface area contributed by atoms with E-state index in [1.165, 1.54) is 16.7 Å². The van der Waals surface area contributed by atoms with Gasteiger partial charge in [0.05, 0.1) is 0 Å². The molecule has 120 valence electrons. The summed E-state index contributed by atoms with van der Waals surface area (Å²) < 4.78 is 0. The number of ketones is 2. The van der Waals surface area contributed by atoms with Crippen LogP contribution < -0.4 is 0 Å². The quantitative estimate of drug-likeness (QED) is 0.742. The molecule has 2 aliphatic carbocycles. The predicted molar refractivity (Wildman–Crippen MR) is 93.1 cm³/mol. The lowest BCUT2D eigenvalue weighted by atomic mass is 9.67. The molecule has 0 radical (unpaired) electrons. The van der Waals surface area contributed by atoms with Gasteiger partial charge >= 0.3 is 0 Å². The molecule has 0 saturated heterocycles. The van der Waals surface area contributed by atoms with Gasteiger partial charge in [-0.3, -0.25) is 9.59 Å². The molecule has 1 aromatic rings. The number of carbonyl (C=O) groups excluding carboxylic acids is 2. The van der Waals surface area contributed by atoms with E-state index in [9.17, 15) is 9.59 Å². The molecule has 0 heterocycles. The van der Waals surface area contributed by atoms with Gasteiger partial charge in [-0.15, -0.1) is 0 Å². The van der Waals surface area contributed by atoms with Gasteiger partial charge in [0.15, 0.2) is 11.6 Å². The molecule has 0 bridgehead atoms. The normalized spacial score (nSPS) is 24.8. The summed E-state index contributed by atoms with van der Waals surface area (Å²) in [5, 5.41) is 0. The van der Waals surface area contributed by atoms with Crippen molar-refractivity contribution in [3.05, 3.63) is 52.6 Å². The van der Waals surface area contributed by atoms with Crippen molar-refractivity contribution < 1.29 is 9.59 Å². The minimum Gasteiger partial charge on any atom is -0.294 e. The summed E-state index contributed by atoms with van der Waals surface area (Å²) in [7, 11) is 0. The molecule has 1 aromatic carbocycles. The molecule has 0 amide bonds. The van der Waals surface area contributed by atoms with Gasteiger partial charge in [0.2, 0.25) is 0 Å². The second-order valence-electron chi connectivity index (χ2n) is 7.28. The molecule has 0 aliphatic heterocycles. The highest BCUT2D eigenvalue weighted by atomic mass is 16.1. The molecule has 0 unspecified atom stereocenters. The van der Waals surface area contributed by atoms with E-state index in [0.717, 1.165) is 18.4 Å². The summed E-state index contributed by atoms with van der Waals surface area (Å²) in [6, 6.07) is 8.06. The zero-order valence-corrected chi connectivity index (χ0v) is 14.3. The molecule has 2 atom stereocenters. The Kier molecular flexibility index (Phi) is 4.09. The first-order chi connectivity index (χ1) is 10.9. The maximum absolute atomic E-state index is 12.9. The molecule has 23 heavy (non-hydrogen) atoms. The first kappa shape index (κ1) is 15.9. The molecule has 3 rings (SSSR count). The first-order valence-corrected chi connectivity index (χ1v) is 8.43. The second-order valence-corrected chi connectivity index (χ2v) is 7.28. The van der Waals surface area contributed by atoms with E-state index in [2.05, 4.69) is 39.8 Å². The Morgan fingerprint density at radius 1 is 0.913 bits per heavy atom. The van der Waals surface area contributed by atoms with Crippen LogP contribution in [0.15, 0.2) is 41.5 Å². The maximum Gasteiger partial charge on any atom is 0.167 e. The van der Waals surface area contributed by atoms with Gasteiger partial charge in [-0.2, -0.15) is 0 Å². The van der Waals surface area contributed by atoms with Crippen LogP contribution in [0.3, 0.4) is 0 Å². The van der Waals surface area contributed by atoms with Crippen molar-refractivity contribution in [2.24, 2.45) is 11.8 Å². The van der Waals surface area contributed by atoms with Gasteiger partial charge in [-0.1, -0.05) is 49.3 Å². The summed E-state index contributed by atoms with van der Waals surface area (Å²) in [6.45, 7) is 8.45. The molecule has 0 saturated carbocycles. The minimum atomic E-state index is -0.170. The van der Waals surface area contributed by atoms with Crippen LogP contribution in [0.2, 0.25) is 0 Å². The van der Waals surface area contributed by atoms with E-state index >= 15 is 0 Å². The Bertz CT molecular complexity index is 717. The fourth-order valence-corrected chi connectivity index (χ4v) is 3.66. The number of hydrogen-bond donors (Lipinski definition) is 0. The van der Waals surface area contributed by atoms with Gasteiger partial charge < -0.3 is 0 Å². The highest BCUT2D eigenvalue weighted by molar-refractivity contribution is 6.29. The van der Waals surface area contributed by atoms with Gasteiger partial charge in [0.1, 0.15) is 0 Å². The zero-order valence-electron chi connectivity index (χ0n) is 14.3. The van der Waals surface area contributed by atoms with Crippen LogP contribution in [0.1, 0.15) is 57.6 Å². The SMILES string of the molecule is CC1=C(C)C[C@H]2C(=O)C=C(c3ccc(C(C)C)cc3)C(=O)[C@H]2C1. The zero-order chi connectivity index (χ0) is 16.7. The highest BCUT2D eigenvalue weighted by Crippen LogP contribution is 2.41. The van der Waals surface area contributed by atoms with E-state index in [0.29, 0.717) is 11.5 Å². The largest absolute Gasteiger partial charge is 0.294 e. The number of rotatable bonds is 2. The third-order valence-electron chi connectivity index (χ3n) is 5.41. The lowest BCUT2D eigenvalue weighted by Crippen LogP contribution is -2.36. The van der Waals surface area contributed by atoms with E-state index in [-0.39, 0.29) is 23.4 Å². The fourth-order valence-electron chi connectivity index (χ4n) is 3.66. The number of carbonyl (C=O) groups is 2. The van der Waals surface area contributed by atoms with Crippen molar-refractivity contribution in [1.29, 1.82) is 0 Å². The number of benzene rings is 1. The van der Waals surface area contributed by atoms with E-state index in [1.54, 1.807) is 6.08 Å². The number of allylic oxidation sites excluding steroid dienone is 4. The molecule has 0 fully saturated rings. The van der Waals surface area contributed by atoms with Gasteiger partial charge in [-0.25, -0.2) is 0 Å². The van der Waals surface area contributed by atoms with Crippen LogP contribution in [0, 0.1) is 11.8 Å². The summed E-state index contributed by atoms with van der Waals surface area (Å²) in [6.07, 6.45) is 3.04. The van der Waals surface area contributed by atoms with Crippen LogP contribution >= 0.6 is 0 Å². The van der Waals surface area contributed by atoms with Crippen LogP contribution in [-0.4, -0.2) is 11.6 Å². The van der Waals surface area contributed by atoms with Gasteiger partial charge in [0.25, 0.3) is 0 Å². The molecular formula is C21H24O2. The lowest BCUT2D eigenvalue weighted by molar-refractivity contribution is -0.128. The Morgan fingerprint density at radius 2 is 1.48 bits per heavy atom. The van der Waals surface area contributed by atoms with Crippen molar-refractivity contribution >= 4 is 17.1 Å². The topological polar surface area (TPSA) is 34.1 Å². The van der Waals surface area contributed by atoms with E-state index in [1.807, 2.05) is 12.1 Å². The summed E-state index contributed by atoms with van der Waals surface area (Å²) in [5.41, 5.74) is 5.25. The third-order valence-corrected chi connectivity index (χ3v) is 5.41. The van der Waals surface area contributed by atoms with Crippen molar-refractivity contribution in [3.8, 4) is 0 Å². The van der Waals surface area contributed by atoms with E-state index in [4.69, 9.17) is 0 Å². The van der Waals surface area contributed by atoms with Crippen LogP contribution in [-0.2, 0) is 9.59 Å². The van der Waals surface area contributed by atoms with Crippen LogP contribution in [0.25, 0.3) is 5.57 Å². The van der Waals surface area contributed by atoms with Crippen molar-refractivity contribution in [1.82, 2.24) is 0 Å². The Balaban J connectivity index is 1.94. The molecule has 0 N–H and O–H groups in total. The lowest BCUT2D eigenvalue weighted by Gasteiger charge is -2.34. The number of fused-ring (bicyclic) bond motifs is 1. The van der Waals surface area contributed by atoms with Crippen LogP contribution in [0.5, 0.6) is 0 Å². The molecular weight excluding hydrogens is 284 g/mol. The maximum atomic E-state index is 12.9. The smallest absolute Gasteiger partial charge is 0.167 e.